The van der Waals surface area contributed by atoms with Crippen molar-refractivity contribution in [2.45, 2.75) is 6.54 Å². The van der Waals surface area contributed by atoms with Gasteiger partial charge in [0.25, 0.3) is 5.91 Å². The maximum atomic E-state index is 12.8. The number of halogens is 1. The van der Waals surface area contributed by atoms with Gasteiger partial charge in [-0.15, -0.1) is 10.2 Å². The Kier molecular flexibility index (Phi) is 4.87. The number of rotatable bonds is 5. The predicted octanol–water partition coefficient (Wildman–Crippen LogP) is 3.54. The van der Waals surface area contributed by atoms with Gasteiger partial charge in [0, 0.05) is 22.3 Å². The summed E-state index contributed by atoms with van der Waals surface area (Å²) in [5.41, 5.74) is 1.79. The molecule has 0 spiro atoms. The molecular weight excluding hydrogens is 376 g/mol. The number of hydrogen-bond acceptors (Lipinski definition) is 4. The Morgan fingerprint density at radius 1 is 0.893 bits per heavy atom. The highest BCUT2D eigenvalue weighted by Crippen LogP contribution is 2.17. The van der Waals surface area contributed by atoms with E-state index in [0.717, 1.165) is 0 Å². The van der Waals surface area contributed by atoms with E-state index in [2.05, 4.69) is 15.5 Å². The zero-order chi connectivity index (χ0) is 19.5. The maximum Gasteiger partial charge on any atom is 0.252 e. The molecular formula is C21H15ClN4O2. The topological polar surface area (TPSA) is 76.4 Å². The van der Waals surface area contributed by atoms with Crippen LogP contribution in [0.25, 0.3) is 5.65 Å². The van der Waals surface area contributed by atoms with Crippen molar-refractivity contribution in [2.24, 2.45) is 0 Å². The first-order valence-corrected chi connectivity index (χ1v) is 8.97. The van der Waals surface area contributed by atoms with Crippen molar-refractivity contribution in [1.82, 2.24) is 19.9 Å². The van der Waals surface area contributed by atoms with E-state index in [1.807, 2.05) is 24.4 Å². The monoisotopic (exact) mass is 390 g/mol. The van der Waals surface area contributed by atoms with Crippen LogP contribution in [0.15, 0.2) is 72.9 Å². The third-order valence-corrected chi connectivity index (χ3v) is 4.57. The number of hydrogen-bond donors (Lipinski definition) is 1. The van der Waals surface area contributed by atoms with E-state index < -0.39 is 0 Å². The molecule has 4 rings (SSSR count). The number of nitrogens with zero attached hydrogens (tertiary/aromatic N) is 3. The molecule has 1 N–H and O–H groups in total. The summed E-state index contributed by atoms with van der Waals surface area (Å²) in [5.74, 6) is 0.00592. The lowest BCUT2D eigenvalue weighted by Crippen LogP contribution is -2.26. The molecule has 4 aromatic rings. The molecule has 6 nitrogen and oxygen atoms in total. The molecule has 0 unspecified atom stereocenters. The number of ketones is 1. The lowest BCUT2D eigenvalue weighted by Gasteiger charge is -2.09. The molecule has 0 aliphatic carbocycles. The summed E-state index contributed by atoms with van der Waals surface area (Å²) in [4.78, 5) is 25.6. The van der Waals surface area contributed by atoms with E-state index >= 15 is 0 Å². The molecule has 0 radical (unpaired) electrons. The van der Waals surface area contributed by atoms with Crippen LogP contribution in [0, 0.1) is 0 Å². The van der Waals surface area contributed by atoms with Crippen LogP contribution >= 0.6 is 11.6 Å². The minimum Gasteiger partial charge on any atom is -0.345 e. The SMILES string of the molecule is O=C(NCc1nnc2ccccn12)c1ccccc1C(=O)c1ccc(Cl)cc1. The highest BCUT2D eigenvalue weighted by Gasteiger charge is 2.18. The lowest BCUT2D eigenvalue weighted by molar-refractivity contribution is 0.0938. The van der Waals surface area contributed by atoms with Crippen molar-refractivity contribution < 1.29 is 9.59 Å². The summed E-state index contributed by atoms with van der Waals surface area (Å²) in [6.07, 6.45) is 1.83. The molecule has 0 saturated carbocycles. The van der Waals surface area contributed by atoms with Crippen LogP contribution in [0.5, 0.6) is 0 Å². The average molecular weight is 391 g/mol. The molecule has 138 valence electrons. The number of benzene rings is 2. The van der Waals surface area contributed by atoms with Gasteiger partial charge < -0.3 is 5.32 Å². The third-order valence-electron chi connectivity index (χ3n) is 4.31. The fourth-order valence-electron chi connectivity index (χ4n) is 2.90. The number of amides is 1. The van der Waals surface area contributed by atoms with E-state index in [9.17, 15) is 9.59 Å². The fraction of sp³-hybridized carbons (Fsp3) is 0.0476. The molecule has 0 fully saturated rings. The third kappa shape index (κ3) is 3.50. The summed E-state index contributed by atoms with van der Waals surface area (Å²) in [7, 11) is 0. The molecule has 2 aromatic carbocycles. The van der Waals surface area contributed by atoms with Crippen LogP contribution in [-0.4, -0.2) is 26.3 Å². The maximum absolute atomic E-state index is 12.8. The van der Waals surface area contributed by atoms with Crippen LogP contribution in [-0.2, 0) is 6.54 Å². The molecule has 0 aliphatic rings. The van der Waals surface area contributed by atoms with Gasteiger partial charge in [-0.25, -0.2) is 0 Å². The zero-order valence-corrected chi connectivity index (χ0v) is 15.4. The van der Waals surface area contributed by atoms with Crippen molar-refractivity contribution >= 4 is 28.9 Å². The normalized spacial score (nSPS) is 10.8. The van der Waals surface area contributed by atoms with E-state index in [0.29, 0.717) is 33.2 Å². The van der Waals surface area contributed by atoms with Gasteiger partial charge in [0.15, 0.2) is 17.3 Å². The van der Waals surface area contributed by atoms with Gasteiger partial charge >= 0.3 is 0 Å². The van der Waals surface area contributed by atoms with Gasteiger partial charge in [-0.3, -0.25) is 14.0 Å². The van der Waals surface area contributed by atoms with Gasteiger partial charge in [0.1, 0.15) is 0 Å². The number of carbonyl (C=O) groups excluding carboxylic acids is 2. The molecule has 1 amide bonds. The van der Waals surface area contributed by atoms with Crippen LogP contribution in [0.4, 0.5) is 0 Å². The quantitative estimate of drug-likeness (QED) is 0.529. The smallest absolute Gasteiger partial charge is 0.252 e. The molecule has 0 bridgehead atoms. The Labute approximate surface area is 165 Å². The van der Waals surface area contributed by atoms with Gasteiger partial charge in [0.2, 0.25) is 0 Å². The van der Waals surface area contributed by atoms with E-state index in [4.69, 9.17) is 11.6 Å². The standard InChI is InChI=1S/C21H15ClN4O2/c22-15-10-8-14(9-11-15)20(27)16-5-1-2-6-17(16)21(28)23-13-19-25-24-18-7-3-4-12-26(18)19/h1-12H,13H2,(H,23,28). The fourth-order valence-corrected chi connectivity index (χ4v) is 3.03. The molecule has 7 heteroatoms. The van der Waals surface area contributed by atoms with Crippen molar-refractivity contribution in [3.63, 3.8) is 0 Å². The Hall–Kier alpha value is -3.51. The summed E-state index contributed by atoms with van der Waals surface area (Å²) >= 11 is 5.89. The number of carbonyl (C=O) groups is 2. The second-order valence-corrected chi connectivity index (χ2v) is 6.55. The number of aromatic nitrogens is 3. The number of pyridine rings is 1. The van der Waals surface area contributed by atoms with Crippen molar-refractivity contribution in [3.05, 3.63) is 100 Å². The first-order chi connectivity index (χ1) is 13.6. The second-order valence-electron chi connectivity index (χ2n) is 6.11. The van der Waals surface area contributed by atoms with Gasteiger partial charge in [0.05, 0.1) is 12.1 Å². The zero-order valence-electron chi connectivity index (χ0n) is 14.7. The van der Waals surface area contributed by atoms with Gasteiger partial charge in [-0.1, -0.05) is 35.9 Å². The van der Waals surface area contributed by atoms with Crippen LogP contribution < -0.4 is 5.32 Å². The molecule has 0 saturated heterocycles. The van der Waals surface area contributed by atoms with Crippen molar-refractivity contribution in [1.29, 1.82) is 0 Å². The lowest BCUT2D eigenvalue weighted by atomic mass is 9.98. The highest BCUT2D eigenvalue weighted by atomic mass is 35.5. The van der Waals surface area contributed by atoms with Crippen LogP contribution in [0.3, 0.4) is 0 Å². The van der Waals surface area contributed by atoms with E-state index in [1.165, 1.54) is 0 Å². The molecule has 2 aromatic heterocycles. The first kappa shape index (κ1) is 17.9. The van der Waals surface area contributed by atoms with Gasteiger partial charge in [-0.05, 0) is 42.5 Å². The Morgan fingerprint density at radius 3 is 2.39 bits per heavy atom. The Morgan fingerprint density at radius 2 is 1.61 bits per heavy atom. The Bertz CT molecular complexity index is 1170. The van der Waals surface area contributed by atoms with Crippen molar-refractivity contribution in [3.8, 4) is 0 Å². The van der Waals surface area contributed by atoms with Crippen LogP contribution in [0.1, 0.15) is 32.1 Å². The Balaban J connectivity index is 1.56. The minimum absolute atomic E-state index is 0.188. The number of nitrogens with one attached hydrogen (secondary N) is 1. The largest absolute Gasteiger partial charge is 0.345 e. The predicted molar refractivity (Wildman–Crippen MR) is 105 cm³/mol. The van der Waals surface area contributed by atoms with E-state index in [-0.39, 0.29) is 18.2 Å². The second kappa shape index (κ2) is 7.62. The summed E-state index contributed by atoms with van der Waals surface area (Å²) < 4.78 is 1.80. The summed E-state index contributed by atoms with van der Waals surface area (Å²) in [5, 5.41) is 11.5. The molecule has 28 heavy (non-hydrogen) atoms. The minimum atomic E-state index is -0.356. The van der Waals surface area contributed by atoms with Crippen molar-refractivity contribution in [2.75, 3.05) is 0 Å². The molecule has 0 aliphatic heterocycles. The summed E-state index contributed by atoms with van der Waals surface area (Å²) in [6, 6.07) is 18.8. The number of fused-ring (bicyclic) bond motifs is 1. The average Bonchev–Trinajstić information content (AvgIpc) is 3.15. The van der Waals surface area contributed by atoms with E-state index in [1.54, 1.807) is 52.9 Å². The molecule has 2 heterocycles. The van der Waals surface area contributed by atoms with Gasteiger partial charge in [-0.2, -0.15) is 0 Å². The van der Waals surface area contributed by atoms with Crippen LogP contribution in [0.2, 0.25) is 5.02 Å². The summed E-state index contributed by atoms with van der Waals surface area (Å²) in [6.45, 7) is 0.188. The highest BCUT2D eigenvalue weighted by molar-refractivity contribution is 6.30. The first-order valence-electron chi connectivity index (χ1n) is 8.59. The molecule has 0 atom stereocenters.